The summed E-state index contributed by atoms with van der Waals surface area (Å²) in [4.78, 5) is 2.46. The van der Waals surface area contributed by atoms with E-state index in [4.69, 9.17) is 19.9 Å². The van der Waals surface area contributed by atoms with Crippen LogP contribution in [0.25, 0.3) is 0 Å². The normalized spacial score (nSPS) is 21.0. The highest BCUT2D eigenvalue weighted by Crippen LogP contribution is 2.42. The van der Waals surface area contributed by atoms with Crippen LogP contribution in [0.5, 0.6) is 17.2 Å². The zero-order chi connectivity index (χ0) is 13.9. The lowest BCUT2D eigenvalue weighted by molar-refractivity contribution is 0.169. The van der Waals surface area contributed by atoms with Crippen LogP contribution in [0, 0.1) is 5.92 Å². The Morgan fingerprint density at radius 2 is 2.24 bits per heavy atom. The second kappa shape index (κ2) is 7.20. The Morgan fingerprint density at radius 3 is 3.00 bits per heavy atom. The zero-order valence-corrected chi connectivity index (χ0v) is 13.2. The largest absolute Gasteiger partial charge is 0.493 e. The molecule has 0 aromatic heterocycles. The van der Waals surface area contributed by atoms with Crippen LogP contribution in [-0.2, 0) is 6.54 Å². The van der Waals surface area contributed by atoms with E-state index >= 15 is 0 Å². The molecule has 21 heavy (non-hydrogen) atoms. The number of fused-ring (bicyclic) bond motifs is 1. The van der Waals surface area contributed by atoms with Gasteiger partial charge in [0.15, 0.2) is 11.5 Å². The van der Waals surface area contributed by atoms with Crippen molar-refractivity contribution < 1.29 is 14.2 Å². The molecular formula is C15H23ClN2O3. The Balaban J connectivity index is 0.00000161. The summed E-state index contributed by atoms with van der Waals surface area (Å²) >= 11 is 0. The fraction of sp³-hybridized carbons (Fsp3) is 0.600. The second-order valence-electron chi connectivity index (χ2n) is 5.51. The predicted molar refractivity (Wildman–Crippen MR) is 83.4 cm³/mol. The van der Waals surface area contributed by atoms with Gasteiger partial charge in [0, 0.05) is 13.1 Å². The van der Waals surface area contributed by atoms with E-state index in [1.807, 2.05) is 6.07 Å². The average molecular weight is 315 g/mol. The van der Waals surface area contributed by atoms with Crippen molar-refractivity contribution in [2.24, 2.45) is 11.7 Å². The van der Waals surface area contributed by atoms with Gasteiger partial charge in [-0.2, -0.15) is 0 Å². The monoisotopic (exact) mass is 314 g/mol. The molecule has 0 amide bonds. The number of benzene rings is 1. The lowest BCUT2D eigenvalue weighted by Gasteiger charge is -2.32. The lowest BCUT2D eigenvalue weighted by Crippen LogP contribution is -2.37. The van der Waals surface area contributed by atoms with E-state index in [2.05, 4.69) is 11.0 Å². The van der Waals surface area contributed by atoms with Gasteiger partial charge in [0.2, 0.25) is 12.5 Å². The number of likely N-dealkylation sites (tertiary alicyclic amines) is 1. The highest BCUT2D eigenvalue weighted by Gasteiger charge is 2.23. The first kappa shape index (κ1) is 16.2. The van der Waals surface area contributed by atoms with Crippen LogP contribution < -0.4 is 19.9 Å². The summed E-state index contributed by atoms with van der Waals surface area (Å²) in [5, 5.41) is 0. The number of halogens is 1. The number of hydrogen-bond donors (Lipinski definition) is 1. The molecular weight excluding hydrogens is 292 g/mol. The molecule has 0 aliphatic carbocycles. The average Bonchev–Trinajstić information content (AvgIpc) is 2.95. The van der Waals surface area contributed by atoms with E-state index < -0.39 is 0 Å². The van der Waals surface area contributed by atoms with Crippen LogP contribution in [0.2, 0.25) is 0 Å². The number of nitrogens with two attached hydrogens (primary N) is 1. The minimum atomic E-state index is 0. The molecule has 2 N–H and O–H groups in total. The summed E-state index contributed by atoms with van der Waals surface area (Å²) < 4.78 is 16.3. The fourth-order valence-corrected chi connectivity index (χ4v) is 3.02. The van der Waals surface area contributed by atoms with E-state index in [1.165, 1.54) is 18.4 Å². The number of rotatable bonds is 4. The molecule has 0 saturated carbocycles. The summed E-state index contributed by atoms with van der Waals surface area (Å²) in [6.07, 6.45) is 2.47. The molecule has 1 atom stereocenters. The number of ether oxygens (including phenoxy) is 3. The van der Waals surface area contributed by atoms with Crippen LogP contribution in [0.3, 0.4) is 0 Å². The minimum absolute atomic E-state index is 0. The molecule has 2 aliphatic heterocycles. The van der Waals surface area contributed by atoms with Crippen molar-refractivity contribution in [1.29, 1.82) is 0 Å². The Labute approximate surface area is 131 Å². The van der Waals surface area contributed by atoms with Gasteiger partial charge >= 0.3 is 0 Å². The van der Waals surface area contributed by atoms with Gasteiger partial charge in [0.25, 0.3) is 0 Å². The molecule has 6 heteroatoms. The number of piperidine rings is 1. The summed E-state index contributed by atoms with van der Waals surface area (Å²) in [5.41, 5.74) is 6.99. The molecule has 118 valence electrons. The Bertz CT molecular complexity index is 484. The van der Waals surface area contributed by atoms with Crippen molar-refractivity contribution in [3.63, 3.8) is 0 Å². The third-order valence-corrected chi connectivity index (χ3v) is 4.06. The topological polar surface area (TPSA) is 57.0 Å². The number of methoxy groups -OCH3 is 1. The lowest BCUT2D eigenvalue weighted by atomic mass is 9.98. The van der Waals surface area contributed by atoms with Gasteiger partial charge in [-0.3, -0.25) is 4.90 Å². The minimum Gasteiger partial charge on any atom is -0.493 e. The molecule has 2 aliphatic rings. The number of nitrogens with zero attached hydrogens (tertiary/aromatic N) is 1. The van der Waals surface area contributed by atoms with Gasteiger partial charge in [-0.15, -0.1) is 12.4 Å². The summed E-state index contributed by atoms with van der Waals surface area (Å²) in [6.45, 7) is 4.17. The Hall–Kier alpha value is -1.17. The maximum Gasteiger partial charge on any atom is 0.231 e. The maximum absolute atomic E-state index is 5.80. The molecule has 1 fully saturated rings. The molecule has 1 aromatic rings. The smallest absolute Gasteiger partial charge is 0.231 e. The van der Waals surface area contributed by atoms with E-state index in [-0.39, 0.29) is 19.2 Å². The SMILES string of the molecule is COc1cc(CN2CCCC(CN)C2)cc2c1OCO2.Cl. The van der Waals surface area contributed by atoms with Gasteiger partial charge in [-0.05, 0) is 49.5 Å². The van der Waals surface area contributed by atoms with Crippen molar-refractivity contribution >= 4 is 12.4 Å². The van der Waals surface area contributed by atoms with E-state index in [1.54, 1.807) is 7.11 Å². The fourth-order valence-electron chi connectivity index (χ4n) is 3.02. The van der Waals surface area contributed by atoms with E-state index in [0.717, 1.165) is 43.4 Å². The van der Waals surface area contributed by atoms with Crippen molar-refractivity contribution in [3.8, 4) is 17.2 Å². The molecule has 2 heterocycles. The first-order valence-corrected chi connectivity index (χ1v) is 7.19. The second-order valence-corrected chi connectivity index (χ2v) is 5.51. The molecule has 5 nitrogen and oxygen atoms in total. The van der Waals surface area contributed by atoms with E-state index in [0.29, 0.717) is 5.92 Å². The van der Waals surface area contributed by atoms with Crippen LogP contribution in [0.1, 0.15) is 18.4 Å². The molecule has 1 saturated heterocycles. The quantitative estimate of drug-likeness (QED) is 0.921. The van der Waals surface area contributed by atoms with Crippen LogP contribution in [-0.4, -0.2) is 38.4 Å². The summed E-state index contributed by atoms with van der Waals surface area (Å²) in [5.74, 6) is 2.88. The number of hydrogen-bond acceptors (Lipinski definition) is 5. The van der Waals surface area contributed by atoms with Gasteiger partial charge in [-0.25, -0.2) is 0 Å². The molecule has 1 aromatic carbocycles. The van der Waals surface area contributed by atoms with Crippen LogP contribution in [0.15, 0.2) is 12.1 Å². The highest BCUT2D eigenvalue weighted by atomic mass is 35.5. The van der Waals surface area contributed by atoms with Crippen molar-refractivity contribution in [1.82, 2.24) is 4.90 Å². The van der Waals surface area contributed by atoms with Gasteiger partial charge in [-0.1, -0.05) is 0 Å². The van der Waals surface area contributed by atoms with E-state index in [9.17, 15) is 0 Å². The third kappa shape index (κ3) is 3.54. The van der Waals surface area contributed by atoms with Crippen molar-refractivity contribution in [2.75, 3.05) is 33.5 Å². The molecule has 0 radical (unpaired) electrons. The predicted octanol–water partition coefficient (Wildman–Crippen LogP) is 2.02. The zero-order valence-electron chi connectivity index (χ0n) is 12.3. The van der Waals surface area contributed by atoms with Crippen molar-refractivity contribution in [3.05, 3.63) is 17.7 Å². The van der Waals surface area contributed by atoms with Crippen molar-refractivity contribution in [2.45, 2.75) is 19.4 Å². The highest BCUT2D eigenvalue weighted by molar-refractivity contribution is 5.85. The molecule has 0 spiro atoms. The molecule has 3 rings (SSSR count). The first-order valence-electron chi connectivity index (χ1n) is 7.19. The van der Waals surface area contributed by atoms with Gasteiger partial charge < -0.3 is 19.9 Å². The Morgan fingerprint density at radius 1 is 1.38 bits per heavy atom. The third-order valence-electron chi connectivity index (χ3n) is 4.06. The first-order chi connectivity index (χ1) is 9.80. The standard InChI is InChI=1S/C15H22N2O3.ClH/c1-18-13-5-12(6-14-15(13)20-10-19-14)9-17-4-2-3-11(7-16)8-17;/h5-6,11H,2-4,7-10,16H2,1H3;1H. The Kier molecular flexibility index (Phi) is 5.56. The van der Waals surface area contributed by atoms with Crippen LogP contribution in [0.4, 0.5) is 0 Å². The maximum atomic E-state index is 5.80. The summed E-state index contributed by atoms with van der Waals surface area (Å²) in [7, 11) is 1.66. The molecule has 1 unspecified atom stereocenters. The van der Waals surface area contributed by atoms with Gasteiger partial charge in [0.05, 0.1) is 7.11 Å². The van der Waals surface area contributed by atoms with Crippen LogP contribution >= 0.6 is 12.4 Å². The molecule has 0 bridgehead atoms. The van der Waals surface area contributed by atoms with Gasteiger partial charge in [0.1, 0.15) is 0 Å². The summed E-state index contributed by atoms with van der Waals surface area (Å²) in [6, 6.07) is 4.09.